The van der Waals surface area contributed by atoms with Crippen molar-refractivity contribution in [1.82, 2.24) is 10.7 Å². The number of carboxylic acid groups (broad SMARTS) is 2. The van der Waals surface area contributed by atoms with E-state index in [4.69, 9.17) is 26.8 Å². The van der Waals surface area contributed by atoms with Gasteiger partial charge < -0.3 is 19.9 Å². The van der Waals surface area contributed by atoms with Gasteiger partial charge in [0.25, 0.3) is 0 Å². The molecule has 26 heavy (non-hydrogen) atoms. The van der Waals surface area contributed by atoms with Crippen LogP contribution in [0.15, 0.2) is 52.5 Å². The van der Waals surface area contributed by atoms with E-state index in [0.29, 0.717) is 28.7 Å². The Labute approximate surface area is 153 Å². The number of nitrogens with one attached hydrogen (secondary N) is 2. The first-order chi connectivity index (χ1) is 12.4. The minimum Gasteiger partial charge on any atom is -0.478 e. The molecule has 0 spiro atoms. The molecule has 1 aromatic carbocycles. The molecule has 0 atom stereocenters. The Hall–Kier alpha value is -3.46. The molecule has 2 aromatic rings. The predicted molar refractivity (Wildman–Crippen MR) is 99.6 cm³/mol. The van der Waals surface area contributed by atoms with E-state index in [0.717, 1.165) is 6.07 Å². The van der Waals surface area contributed by atoms with Crippen LogP contribution in [0.5, 0.6) is 0 Å². The first-order valence-electron chi connectivity index (χ1n) is 7.30. The van der Waals surface area contributed by atoms with E-state index in [-0.39, 0.29) is 11.1 Å². The van der Waals surface area contributed by atoms with Crippen LogP contribution in [-0.4, -0.2) is 40.0 Å². The molecule has 0 unspecified atom stereocenters. The molecule has 0 radical (unpaired) electrons. The number of nitrogens with zero attached hydrogens (tertiary/aromatic N) is 1. The molecule has 0 bridgehead atoms. The van der Waals surface area contributed by atoms with Gasteiger partial charge in [0.1, 0.15) is 11.5 Å². The van der Waals surface area contributed by atoms with Gasteiger partial charge in [-0.2, -0.15) is 5.10 Å². The largest absolute Gasteiger partial charge is 0.478 e. The first-order valence-corrected chi connectivity index (χ1v) is 7.71. The second-order valence-corrected chi connectivity index (χ2v) is 5.39. The van der Waals surface area contributed by atoms with E-state index >= 15 is 0 Å². The average Bonchev–Trinajstić information content (AvgIpc) is 3.08. The Morgan fingerprint density at radius 3 is 2.42 bits per heavy atom. The average molecular weight is 373 g/mol. The topological polar surface area (TPSA) is 124 Å². The Kier molecular flexibility index (Phi) is 6.23. The van der Waals surface area contributed by atoms with Gasteiger partial charge in [0.15, 0.2) is 5.11 Å². The van der Waals surface area contributed by atoms with Crippen molar-refractivity contribution >= 4 is 35.5 Å². The summed E-state index contributed by atoms with van der Waals surface area (Å²) in [5, 5.41) is 25.3. The van der Waals surface area contributed by atoms with Crippen LogP contribution in [0.2, 0.25) is 0 Å². The Balaban J connectivity index is 2.18. The van der Waals surface area contributed by atoms with Gasteiger partial charge in [0, 0.05) is 12.1 Å². The molecule has 0 fully saturated rings. The summed E-state index contributed by atoms with van der Waals surface area (Å²) in [5.41, 5.74) is 2.63. The maximum Gasteiger partial charge on any atom is 0.335 e. The molecule has 9 heteroatoms. The molecule has 0 aliphatic carbocycles. The molecule has 4 N–H and O–H groups in total. The molecule has 0 amide bonds. The first kappa shape index (κ1) is 18.9. The molecule has 2 rings (SSSR count). The highest BCUT2D eigenvalue weighted by atomic mass is 32.1. The number of rotatable bonds is 7. The maximum atomic E-state index is 11.2. The van der Waals surface area contributed by atoms with E-state index in [1.807, 2.05) is 0 Å². The van der Waals surface area contributed by atoms with Crippen LogP contribution in [0.3, 0.4) is 0 Å². The van der Waals surface area contributed by atoms with Crippen LogP contribution in [0.4, 0.5) is 0 Å². The fraction of sp³-hybridized carbons (Fsp3) is 0.0588. The number of hydrogen-bond acceptors (Lipinski definition) is 5. The lowest BCUT2D eigenvalue weighted by Gasteiger charge is -2.03. The molecule has 134 valence electrons. The third kappa shape index (κ3) is 5.02. The minimum atomic E-state index is -1.23. The summed E-state index contributed by atoms with van der Waals surface area (Å²) >= 11 is 4.97. The summed E-state index contributed by atoms with van der Waals surface area (Å²) in [6.07, 6.45) is 3.03. The predicted octanol–water partition coefficient (Wildman–Crippen LogP) is 2.33. The third-order valence-corrected chi connectivity index (χ3v) is 3.34. The summed E-state index contributed by atoms with van der Waals surface area (Å²) in [5.74, 6) is -1.78. The highest BCUT2D eigenvalue weighted by Crippen LogP contribution is 2.24. The molecule has 0 aliphatic heterocycles. The molecule has 1 aromatic heterocycles. The number of carboxylic acids is 2. The zero-order valence-corrected chi connectivity index (χ0v) is 14.2. The Bertz CT molecular complexity index is 856. The van der Waals surface area contributed by atoms with Gasteiger partial charge in [0.05, 0.1) is 17.3 Å². The van der Waals surface area contributed by atoms with Crippen molar-refractivity contribution in [3.05, 3.63) is 59.9 Å². The van der Waals surface area contributed by atoms with Crippen molar-refractivity contribution in [1.29, 1.82) is 0 Å². The number of furan rings is 1. The maximum absolute atomic E-state index is 11.2. The highest BCUT2D eigenvalue weighted by Gasteiger charge is 2.14. The number of hydrogen-bond donors (Lipinski definition) is 4. The number of carbonyl (C=O) groups is 2. The fourth-order valence-electron chi connectivity index (χ4n) is 1.95. The van der Waals surface area contributed by atoms with Crippen molar-refractivity contribution in [2.75, 3.05) is 6.54 Å². The molecule has 0 saturated carbocycles. The summed E-state index contributed by atoms with van der Waals surface area (Å²) in [4.78, 5) is 22.3. The van der Waals surface area contributed by atoms with Gasteiger partial charge in [-0.05, 0) is 42.5 Å². The van der Waals surface area contributed by atoms with Gasteiger partial charge in [-0.25, -0.2) is 9.59 Å². The Morgan fingerprint density at radius 2 is 1.85 bits per heavy atom. The van der Waals surface area contributed by atoms with Crippen LogP contribution in [-0.2, 0) is 0 Å². The number of hydrazone groups is 1. The van der Waals surface area contributed by atoms with E-state index in [1.54, 1.807) is 18.2 Å². The smallest absolute Gasteiger partial charge is 0.335 e. The molecule has 8 nitrogen and oxygen atoms in total. The lowest BCUT2D eigenvalue weighted by Crippen LogP contribution is -2.31. The monoisotopic (exact) mass is 373 g/mol. The van der Waals surface area contributed by atoms with Crippen molar-refractivity contribution in [3.8, 4) is 11.3 Å². The van der Waals surface area contributed by atoms with Crippen LogP contribution >= 0.6 is 12.2 Å². The second-order valence-electron chi connectivity index (χ2n) is 4.98. The number of thiocarbonyl (C=S) groups is 1. The minimum absolute atomic E-state index is 0.146. The SMILES string of the molecule is C=CCNC(=S)NN=Cc1ccc(-c2cc(C(=O)O)cc(C(=O)O)c2)o1. The van der Waals surface area contributed by atoms with E-state index in [9.17, 15) is 9.59 Å². The molecular weight excluding hydrogens is 358 g/mol. The fourth-order valence-corrected chi connectivity index (χ4v) is 2.09. The van der Waals surface area contributed by atoms with Gasteiger partial charge >= 0.3 is 11.9 Å². The molecule has 0 aliphatic rings. The van der Waals surface area contributed by atoms with Gasteiger partial charge in [-0.15, -0.1) is 6.58 Å². The van der Waals surface area contributed by atoms with E-state index in [1.165, 1.54) is 18.3 Å². The van der Waals surface area contributed by atoms with Gasteiger partial charge in [-0.3, -0.25) is 5.43 Å². The summed E-state index contributed by atoms with van der Waals surface area (Å²) < 4.78 is 5.55. The van der Waals surface area contributed by atoms with Crippen LogP contribution in [0.1, 0.15) is 26.5 Å². The standard InChI is InChI=1S/C17H15N3O5S/c1-2-5-18-17(26)20-19-9-13-3-4-14(25-13)10-6-11(15(21)22)8-12(7-10)16(23)24/h2-4,6-9H,1,5H2,(H,21,22)(H,23,24)(H2,18,20,26). The van der Waals surface area contributed by atoms with Crippen molar-refractivity contribution in [2.45, 2.75) is 0 Å². The van der Waals surface area contributed by atoms with Crippen molar-refractivity contribution in [2.24, 2.45) is 5.10 Å². The summed E-state index contributed by atoms with van der Waals surface area (Å²) in [6.45, 7) is 4.05. The molecule has 1 heterocycles. The highest BCUT2D eigenvalue weighted by molar-refractivity contribution is 7.80. The van der Waals surface area contributed by atoms with E-state index in [2.05, 4.69) is 22.4 Å². The van der Waals surface area contributed by atoms with E-state index < -0.39 is 11.9 Å². The van der Waals surface area contributed by atoms with Gasteiger partial charge in [0.2, 0.25) is 0 Å². The van der Waals surface area contributed by atoms with Crippen molar-refractivity contribution in [3.63, 3.8) is 0 Å². The Morgan fingerprint density at radius 1 is 1.19 bits per heavy atom. The van der Waals surface area contributed by atoms with Crippen LogP contribution in [0, 0.1) is 0 Å². The quantitative estimate of drug-likeness (QED) is 0.252. The van der Waals surface area contributed by atoms with Crippen LogP contribution in [0.25, 0.3) is 11.3 Å². The normalized spacial score (nSPS) is 10.5. The molecule has 0 saturated heterocycles. The number of aromatic carboxylic acids is 2. The zero-order chi connectivity index (χ0) is 19.1. The summed E-state index contributed by atoms with van der Waals surface area (Å²) in [6, 6.07) is 6.94. The zero-order valence-electron chi connectivity index (χ0n) is 13.4. The lowest BCUT2D eigenvalue weighted by molar-refractivity contribution is 0.0696. The van der Waals surface area contributed by atoms with Crippen LogP contribution < -0.4 is 10.7 Å². The second kappa shape index (κ2) is 8.58. The van der Waals surface area contributed by atoms with Crippen molar-refractivity contribution < 1.29 is 24.2 Å². The lowest BCUT2D eigenvalue weighted by atomic mass is 10.0. The third-order valence-electron chi connectivity index (χ3n) is 3.10. The number of benzene rings is 1. The molecular formula is C17H15N3O5S. The van der Waals surface area contributed by atoms with Gasteiger partial charge in [-0.1, -0.05) is 6.08 Å². The summed E-state index contributed by atoms with van der Waals surface area (Å²) in [7, 11) is 0.